The van der Waals surface area contributed by atoms with Crippen molar-refractivity contribution in [3.05, 3.63) is 29.7 Å². The Labute approximate surface area is 123 Å². The quantitative estimate of drug-likeness (QED) is 0.759. The first-order valence-corrected chi connectivity index (χ1v) is 7.09. The van der Waals surface area contributed by atoms with Crippen LogP contribution >= 0.6 is 0 Å². The van der Waals surface area contributed by atoms with Gasteiger partial charge in [-0.3, -0.25) is 9.20 Å². The fraction of sp³-hybridized carbons (Fsp3) is 0.467. The van der Waals surface area contributed by atoms with Crippen molar-refractivity contribution in [3.8, 4) is 5.75 Å². The number of aliphatic hydroxyl groups is 1. The van der Waals surface area contributed by atoms with Gasteiger partial charge in [-0.15, -0.1) is 0 Å². The van der Waals surface area contributed by atoms with Gasteiger partial charge in [-0.05, 0) is 38.3 Å². The van der Waals surface area contributed by atoms with E-state index in [-0.39, 0.29) is 12.5 Å². The molecule has 0 unspecified atom stereocenters. The fourth-order valence-electron chi connectivity index (χ4n) is 2.29. The molecule has 114 valence electrons. The third-order valence-electron chi connectivity index (χ3n) is 3.34. The molecule has 0 atom stereocenters. The Kier molecular flexibility index (Phi) is 5.16. The van der Waals surface area contributed by atoms with Crippen molar-refractivity contribution in [1.29, 1.82) is 0 Å². The molecular weight excluding hydrogens is 270 g/mol. The minimum atomic E-state index is -0.141. The van der Waals surface area contributed by atoms with Crippen molar-refractivity contribution >= 4 is 11.6 Å². The van der Waals surface area contributed by atoms with Crippen LogP contribution in [0.15, 0.2) is 18.3 Å². The highest BCUT2D eigenvalue weighted by atomic mass is 16.5. The molecule has 0 saturated heterocycles. The number of aryl methyl sites for hydroxylation is 1. The van der Waals surface area contributed by atoms with Crippen LogP contribution in [0.5, 0.6) is 5.75 Å². The fourth-order valence-corrected chi connectivity index (χ4v) is 2.29. The van der Waals surface area contributed by atoms with Crippen molar-refractivity contribution in [3.63, 3.8) is 0 Å². The molecule has 21 heavy (non-hydrogen) atoms. The van der Waals surface area contributed by atoms with E-state index in [1.807, 2.05) is 19.1 Å². The Morgan fingerprint density at radius 2 is 2.24 bits per heavy atom. The van der Waals surface area contributed by atoms with E-state index in [4.69, 9.17) is 9.84 Å². The number of hydrogen-bond acceptors (Lipinski definition) is 4. The third-order valence-corrected chi connectivity index (χ3v) is 3.34. The normalized spacial score (nSPS) is 10.8. The molecule has 0 radical (unpaired) electrons. The average Bonchev–Trinajstić information content (AvgIpc) is 2.82. The lowest BCUT2D eigenvalue weighted by molar-refractivity contribution is 0.0946. The molecule has 0 saturated carbocycles. The largest absolute Gasteiger partial charge is 0.493 e. The van der Waals surface area contributed by atoms with Crippen molar-refractivity contribution in [2.75, 3.05) is 20.3 Å². The maximum atomic E-state index is 12.3. The SMILES string of the molecule is COc1cccn2c(C(=O)NCCCCCO)c(C)nc12. The Morgan fingerprint density at radius 1 is 1.43 bits per heavy atom. The van der Waals surface area contributed by atoms with Crippen LogP contribution in [0.2, 0.25) is 0 Å². The molecule has 6 heteroatoms. The summed E-state index contributed by atoms with van der Waals surface area (Å²) in [5, 5.41) is 11.6. The van der Waals surface area contributed by atoms with Gasteiger partial charge < -0.3 is 15.2 Å². The molecule has 2 rings (SSSR count). The highest BCUT2D eigenvalue weighted by Gasteiger charge is 2.17. The summed E-state index contributed by atoms with van der Waals surface area (Å²) in [5.74, 6) is 0.500. The lowest BCUT2D eigenvalue weighted by atomic mass is 10.2. The van der Waals surface area contributed by atoms with E-state index in [0.29, 0.717) is 29.3 Å². The maximum absolute atomic E-state index is 12.3. The molecule has 0 aromatic carbocycles. The zero-order valence-electron chi connectivity index (χ0n) is 12.4. The number of nitrogens with one attached hydrogen (secondary N) is 1. The van der Waals surface area contributed by atoms with E-state index in [9.17, 15) is 4.79 Å². The number of carbonyl (C=O) groups is 1. The average molecular weight is 291 g/mol. The summed E-state index contributed by atoms with van der Waals surface area (Å²) in [7, 11) is 1.58. The summed E-state index contributed by atoms with van der Waals surface area (Å²) in [4.78, 5) is 16.7. The molecule has 0 aliphatic carbocycles. The summed E-state index contributed by atoms with van der Waals surface area (Å²) in [6.45, 7) is 2.60. The van der Waals surface area contributed by atoms with Crippen LogP contribution < -0.4 is 10.1 Å². The monoisotopic (exact) mass is 291 g/mol. The van der Waals surface area contributed by atoms with Gasteiger partial charge in [0, 0.05) is 19.3 Å². The summed E-state index contributed by atoms with van der Waals surface area (Å²) >= 11 is 0. The Bertz CT molecular complexity index is 622. The molecule has 0 aliphatic heterocycles. The minimum Gasteiger partial charge on any atom is -0.493 e. The van der Waals surface area contributed by atoms with Crippen LogP contribution in [-0.4, -0.2) is 40.7 Å². The van der Waals surface area contributed by atoms with Crippen LogP contribution in [0.4, 0.5) is 0 Å². The first-order valence-electron chi connectivity index (χ1n) is 7.09. The topological polar surface area (TPSA) is 75.9 Å². The number of carbonyl (C=O) groups excluding carboxylic acids is 1. The number of fused-ring (bicyclic) bond motifs is 1. The van der Waals surface area contributed by atoms with Crippen molar-refractivity contribution in [1.82, 2.24) is 14.7 Å². The van der Waals surface area contributed by atoms with Gasteiger partial charge in [0.1, 0.15) is 5.69 Å². The van der Waals surface area contributed by atoms with E-state index < -0.39 is 0 Å². The van der Waals surface area contributed by atoms with Crippen molar-refractivity contribution < 1.29 is 14.6 Å². The van der Waals surface area contributed by atoms with Gasteiger partial charge in [0.25, 0.3) is 5.91 Å². The smallest absolute Gasteiger partial charge is 0.270 e. The number of ether oxygens (including phenoxy) is 1. The Balaban J connectivity index is 2.14. The summed E-state index contributed by atoms with van der Waals surface area (Å²) < 4.78 is 7.01. The second-order valence-electron chi connectivity index (χ2n) is 4.86. The second-order valence-corrected chi connectivity index (χ2v) is 4.86. The zero-order chi connectivity index (χ0) is 15.2. The zero-order valence-corrected chi connectivity index (χ0v) is 12.4. The van der Waals surface area contributed by atoms with E-state index in [2.05, 4.69) is 10.3 Å². The van der Waals surface area contributed by atoms with Crippen molar-refractivity contribution in [2.45, 2.75) is 26.2 Å². The van der Waals surface area contributed by atoms with Gasteiger partial charge in [0.05, 0.1) is 12.8 Å². The minimum absolute atomic E-state index is 0.141. The Morgan fingerprint density at radius 3 is 2.95 bits per heavy atom. The lowest BCUT2D eigenvalue weighted by Crippen LogP contribution is -2.26. The summed E-state index contributed by atoms with van der Waals surface area (Å²) in [6.07, 6.45) is 4.32. The number of unbranched alkanes of at least 4 members (excludes halogenated alkanes) is 2. The number of rotatable bonds is 7. The molecule has 0 fully saturated rings. The van der Waals surface area contributed by atoms with Crippen LogP contribution in [0, 0.1) is 6.92 Å². The molecule has 2 heterocycles. The van der Waals surface area contributed by atoms with Gasteiger partial charge >= 0.3 is 0 Å². The number of methoxy groups -OCH3 is 1. The molecular formula is C15H21N3O3. The number of nitrogens with zero attached hydrogens (tertiary/aromatic N) is 2. The maximum Gasteiger partial charge on any atom is 0.270 e. The van der Waals surface area contributed by atoms with Crippen molar-refractivity contribution in [2.24, 2.45) is 0 Å². The van der Waals surface area contributed by atoms with Gasteiger partial charge in [0.15, 0.2) is 11.4 Å². The molecule has 1 amide bonds. The first kappa shape index (κ1) is 15.3. The molecule has 0 spiro atoms. The highest BCUT2D eigenvalue weighted by molar-refractivity contribution is 5.94. The standard InChI is InChI=1S/C15H21N3O3/c1-11-13(15(20)16-8-4-3-5-10-19)18-9-6-7-12(21-2)14(18)17-11/h6-7,9,19H,3-5,8,10H2,1-2H3,(H,16,20). The number of hydrogen-bond donors (Lipinski definition) is 2. The number of amides is 1. The lowest BCUT2D eigenvalue weighted by Gasteiger charge is -2.06. The van der Waals surface area contributed by atoms with E-state index >= 15 is 0 Å². The van der Waals surface area contributed by atoms with Crippen LogP contribution in [0.3, 0.4) is 0 Å². The predicted molar refractivity (Wildman–Crippen MR) is 79.8 cm³/mol. The number of aromatic nitrogens is 2. The molecule has 2 aromatic rings. The van der Waals surface area contributed by atoms with Crippen LogP contribution in [0.1, 0.15) is 35.4 Å². The summed E-state index contributed by atoms with van der Waals surface area (Å²) in [5.41, 5.74) is 1.85. The van der Waals surface area contributed by atoms with Gasteiger partial charge in [-0.25, -0.2) is 4.98 Å². The molecule has 2 aromatic heterocycles. The summed E-state index contributed by atoms with van der Waals surface area (Å²) in [6, 6.07) is 3.64. The van der Waals surface area contributed by atoms with Gasteiger partial charge in [-0.1, -0.05) is 0 Å². The highest BCUT2D eigenvalue weighted by Crippen LogP contribution is 2.21. The first-order chi connectivity index (χ1) is 10.2. The molecule has 0 bridgehead atoms. The van der Waals surface area contributed by atoms with Gasteiger partial charge in [0.2, 0.25) is 0 Å². The van der Waals surface area contributed by atoms with E-state index in [0.717, 1.165) is 19.3 Å². The van der Waals surface area contributed by atoms with Gasteiger partial charge in [-0.2, -0.15) is 0 Å². The Hall–Kier alpha value is -2.08. The van der Waals surface area contributed by atoms with E-state index in [1.54, 1.807) is 17.7 Å². The molecule has 6 nitrogen and oxygen atoms in total. The van der Waals surface area contributed by atoms with Crippen LogP contribution in [-0.2, 0) is 0 Å². The third kappa shape index (κ3) is 3.33. The second kappa shape index (κ2) is 7.08. The molecule has 0 aliphatic rings. The number of imidazole rings is 1. The van der Waals surface area contributed by atoms with Crippen LogP contribution in [0.25, 0.3) is 5.65 Å². The number of pyridine rings is 1. The molecule has 2 N–H and O–H groups in total. The predicted octanol–water partition coefficient (Wildman–Crippen LogP) is 1.54. The van der Waals surface area contributed by atoms with E-state index in [1.165, 1.54) is 0 Å². The number of aliphatic hydroxyl groups excluding tert-OH is 1.